The van der Waals surface area contributed by atoms with E-state index in [4.69, 9.17) is 0 Å². The number of benzene rings is 1. The van der Waals surface area contributed by atoms with Gasteiger partial charge in [-0.2, -0.15) is 5.10 Å². The molecule has 17 heavy (non-hydrogen) atoms. The van der Waals surface area contributed by atoms with Gasteiger partial charge in [-0.3, -0.25) is 4.68 Å². The van der Waals surface area contributed by atoms with Crippen LogP contribution in [-0.2, 0) is 7.05 Å². The highest BCUT2D eigenvalue weighted by Crippen LogP contribution is 2.24. The summed E-state index contributed by atoms with van der Waals surface area (Å²) in [5, 5.41) is 12.7. The number of nitrogens with zero attached hydrogens (tertiary/aromatic N) is 2. The van der Waals surface area contributed by atoms with E-state index in [-0.39, 0.29) is 0 Å². The molecule has 0 bridgehead atoms. The van der Waals surface area contributed by atoms with Gasteiger partial charge < -0.3 is 10.6 Å². The molecule has 2 N–H and O–H groups in total. The molecule has 0 amide bonds. The first-order valence-corrected chi connectivity index (χ1v) is 6.14. The fourth-order valence-corrected chi connectivity index (χ4v) is 2.46. The second-order valence-electron chi connectivity index (χ2n) is 4.83. The second-order valence-corrected chi connectivity index (χ2v) is 4.83. The third kappa shape index (κ3) is 1.89. The van der Waals surface area contributed by atoms with Crippen LogP contribution in [0.3, 0.4) is 0 Å². The maximum Gasteiger partial charge on any atom is 0.156 e. The van der Waals surface area contributed by atoms with Gasteiger partial charge in [0.2, 0.25) is 0 Å². The molecule has 1 atom stereocenters. The molecule has 0 saturated carbocycles. The van der Waals surface area contributed by atoms with Gasteiger partial charge >= 0.3 is 0 Å². The van der Waals surface area contributed by atoms with Crippen molar-refractivity contribution in [2.24, 2.45) is 7.05 Å². The quantitative estimate of drug-likeness (QED) is 0.824. The van der Waals surface area contributed by atoms with Crippen molar-refractivity contribution in [1.82, 2.24) is 15.1 Å². The van der Waals surface area contributed by atoms with Crippen molar-refractivity contribution < 1.29 is 0 Å². The molecule has 2 aromatic rings. The summed E-state index contributed by atoms with van der Waals surface area (Å²) in [5.74, 6) is 1.01. The second kappa shape index (κ2) is 4.04. The van der Waals surface area contributed by atoms with Crippen LogP contribution in [-0.4, -0.2) is 28.9 Å². The van der Waals surface area contributed by atoms with Crippen LogP contribution in [0.4, 0.5) is 5.82 Å². The van der Waals surface area contributed by atoms with E-state index in [1.165, 1.54) is 22.9 Å². The lowest BCUT2D eigenvalue weighted by Gasteiger charge is -2.10. The fraction of sp³-hybridized carbons (Fsp3) is 0.462. The molecule has 1 fully saturated rings. The van der Waals surface area contributed by atoms with Crippen LogP contribution >= 0.6 is 0 Å². The van der Waals surface area contributed by atoms with Crippen molar-refractivity contribution >= 4 is 16.7 Å². The van der Waals surface area contributed by atoms with Gasteiger partial charge in [-0.05, 0) is 32.0 Å². The molecule has 1 aliphatic heterocycles. The Morgan fingerprint density at radius 1 is 1.47 bits per heavy atom. The summed E-state index contributed by atoms with van der Waals surface area (Å²) >= 11 is 0. The lowest BCUT2D eigenvalue weighted by atomic mass is 10.1. The van der Waals surface area contributed by atoms with Crippen LogP contribution in [0.2, 0.25) is 0 Å². The summed E-state index contributed by atoms with van der Waals surface area (Å²) < 4.78 is 1.94. The Morgan fingerprint density at radius 3 is 3.12 bits per heavy atom. The summed E-state index contributed by atoms with van der Waals surface area (Å²) in [6.45, 7) is 4.25. The van der Waals surface area contributed by atoms with Crippen LogP contribution < -0.4 is 10.6 Å². The van der Waals surface area contributed by atoms with Crippen LogP contribution in [0.1, 0.15) is 12.0 Å². The van der Waals surface area contributed by atoms with Gasteiger partial charge in [0.05, 0.1) is 5.52 Å². The monoisotopic (exact) mass is 230 g/mol. The Kier molecular flexibility index (Phi) is 2.52. The van der Waals surface area contributed by atoms with Crippen LogP contribution in [0.25, 0.3) is 10.9 Å². The summed E-state index contributed by atoms with van der Waals surface area (Å²) in [6.07, 6.45) is 1.17. The predicted octanol–water partition coefficient (Wildman–Crippen LogP) is 1.66. The standard InChI is InChI=1S/C13H18N4/c1-9-3-4-12-11(7-9)13(16-17(12)2)15-10-5-6-14-8-10/h3-4,7,10,14H,5-6,8H2,1-2H3,(H,15,16). The third-order valence-electron chi connectivity index (χ3n) is 3.41. The smallest absolute Gasteiger partial charge is 0.156 e. The third-order valence-corrected chi connectivity index (χ3v) is 3.41. The number of nitrogens with one attached hydrogen (secondary N) is 2. The number of aromatic nitrogens is 2. The number of fused-ring (bicyclic) bond motifs is 1. The van der Waals surface area contributed by atoms with Crippen molar-refractivity contribution in [3.63, 3.8) is 0 Å². The molecular formula is C13H18N4. The molecule has 3 rings (SSSR count). The van der Waals surface area contributed by atoms with E-state index >= 15 is 0 Å². The van der Waals surface area contributed by atoms with Gasteiger partial charge in [0.25, 0.3) is 0 Å². The zero-order valence-electron chi connectivity index (χ0n) is 10.3. The van der Waals surface area contributed by atoms with Gasteiger partial charge in [0, 0.05) is 25.0 Å². The molecule has 1 unspecified atom stereocenters. The molecular weight excluding hydrogens is 212 g/mol. The SMILES string of the molecule is Cc1ccc2c(c1)c(NC1CCNC1)nn2C. The average Bonchev–Trinajstić information content (AvgIpc) is 2.89. The van der Waals surface area contributed by atoms with Gasteiger partial charge in [-0.15, -0.1) is 0 Å². The van der Waals surface area contributed by atoms with Crippen molar-refractivity contribution in [3.8, 4) is 0 Å². The molecule has 0 radical (unpaired) electrons. The average molecular weight is 230 g/mol. The molecule has 0 aliphatic carbocycles. The first kappa shape index (κ1) is 10.6. The molecule has 4 heteroatoms. The van der Waals surface area contributed by atoms with E-state index in [0.29, 0.717) is 6.04 Å². The Labute approximate surface area is 101 Å². The maximum atomic E-state index is 4.57. The van der Waals surface area contributed by atoms with Crippen molar-refractivity contribution in [3.05, 3.63) is 23.8 Å². The molecule has 1 aromatic carbocycles. The highest BCUT2D eigenvalue weighted by atomic mass is 15.3. The predicted molar refractivity (Wildman–Crippen MR) is 70.3 cm³/mol. The summed E-state index contributed by atoms with van der Waals surface area (Å²) in [5.41, 5.74) is 2.46. The topological polar surface area (TPSA) is 41.9 Å². The molecule has 0 spiro atoms. The van der Waals surface area contributed by atoms with E-state index in [9.17, 15) is 0 Å². The Hall–Kier alpha value is -1.55. The van der Waals surface area contributed by atoms with Gasteiger partial charge in [0.1, 0.15) is 0 Å². The highest BCUT2D eigenvalue weighted by Gasteiger charge is 2.17. The molecule has 1 saturated heterocycles. The van der Waals surface area contributed by atoms with Crippen LogP contribution in [0, 0.1) is 6.92 Å². The summed E-state index contributed by atoms with van der Waals surface area (Å²) in [7, 11) is 2.00. The van der Waals surface area contributed by atoms with Gasteiger partial charge in [-0.1, -0.05) is 11.6 Å². The Morgan fingerprint density at radius 2 is 2.35 bits per heavy atom. The van der Waals surface area contributed by atoms with E-state index < -0.39 is 0 Å². The Balaban J connectivity index is 2.00. The Bertz CT molecular complexity index is 538. The number of anilines is 1. The first-order valence-electron chi connectivity index (χ1n) is 6.14. The highest BCUT2D eigenvalue weighted by molar-refractivity contribution is 5.90. The number of hydrogen-bond donors (Lipinski definition) is 2. The van der Waals surface area contributed by atoms with Crippen molar-refractivity contribution in [1.29, 1.82) is 0 Å². The van der Waals surface area contributed by atoms with Crippen LogP contribution in [0.5, 0.6) is 0 Å². The van der Waals surface area contributed by atoms with E-state index in [0.717, 1.165) is 18.9 Å². The van der Waals surface area contributed by atoms with Gasteiger partial charge in [0.15, 0.2) is 5.82 Å². The summed E-state index contributed by atoms with van der Waals surface area (Å²) in [4.78, 5) is 0. The lowest BCUT2D eigenvalue weighted by molar-refractivity contribution is 0.760. The van der Waals surface area contributed by atoms with Crippen molar-refractivity contribution in [2.75, 3.05) is 18.4 Å². The minimum absolute atomic E-state index is 0.508. The molecule has 1 aliphatic rings. The largest absolute Gasteiger partial charge is 0.364 e. The number of aryl methyl sites for hydroxylation is 2. The first-order chi connectivity index (χ1) is 8.24. The zero-order chi connectivity index (χ0) is 11.8. The molecule has 1 aromatic heterocycles. The van der Waals surface area contributed by atoms with Crippen molar-refractivity contribution in [2.45, 2.75) is 19.4 Å². The minimum atomic E-state index is 0.508. The number of rotatable bonds is 2. The molecule has 90 valence electrons. The van der Waals surface area contributed by atoms with E-state index in [1.54, 1.807) is 0 Å². The fourth-order valence-electron chi connectivity index (χ4n) is 2.46. The lowest BCUT2D eigenvalue weighted by Crippen LogP contribution is -2.22. The van der Waals surface area contributed by atoms with E-state index in [1.807, 2.05) is 11.7 Å². The maximum absolute atomic E-state index is 4.57. The van der Waals surface area contributed by atoms with Gasteiger partial charge in [-0.25, -0.2) is 0 Å². The zero-order valence-corrected chi connectivity index (χ0v) is 10.3. The number of hydrogen-bond acceptors (Lipinski definition) is 3. The molecule has 2 heterocycles. The van der Waals surface area contributed by atoms with Crippen LogP contribution in [0.15, 0.2) is 18.2 Å². The van der Waals surface area contributed by atoms with E-state index in [2.05, 4.69) is 40.9 Å². The minimum Gasteiger partial charge on any atom is -0.364 e. The normalized spacial score (nSPS) is 20.0. The summed E-state index contributed by atoms with van der Waals surface area (Å²) in [6, 6.07) is 6.97. The molecule has 4 nitrogen and oxygen atoms in total.